The lowest BCUT2D eigenvalue weighted by Gasteiger charge is -2.22. The summed E-state index contributed by atoms with van der Waals surface area (Å²) in [5.74, 6) is 2.21. The van der Waals surface area contributed by atoms with Gasteiger partial charge in [-0.15, -0.1) is 0 Å². The topological polar surface area (TPSA) is 67.1 Å². The summed E-state index contributed by atoms with van der Waals surface area (Å²) in [6.07, 6.45) is 1.07. The second-order valence-corrected chi connectivity index (χ2v) is 7.01. The molecule has 1 heterocycles. The van der Waals surface area contributed by atoms with Crippen molar-refractivity contribution in [3.05, 3.63) is 11.4 Å². The number of nitrogens with zero attached hydrogens (tertiary/aromatic N) is 3. The molecule has 0 aliphatic carbocycles. The molecule has 0 fully saturated rings. The first-order valence-electron chi connectivity index (χ1n) is 7.71. The molecule has 1 aromatic heterocycles. The van der Waals surface area contributed by atoms with E-state index in [0.717, 1.165) is 36.7 Å². The number of hydrogen-bond acceptors (Lipinski definition) is 5. The Labute approximate surface area is 129 Å². The maximum atomic E-state index is 6.01. The van der Waals surface area contributed by atoms with Crippen molar-refractivity contribution in [1.29, 1.82) is 0 Å². The van der Waals surface area contributed by atoms with Gasteiger partial charge in [0.2, 0.25) is 0 Å². The van der Waals surface area contributed by atoms with Gasteiger partial charge in [-0.1, -0.05) is 20.8 Å². The van der Waals surface area contributed by atoms with Gasteiger partial charge in [-0.3, -0.25) is 0 Å². The number of nitrogens with two attached hydrogens (primary N) is 1. The summed E-state index contributed by atoms with van der Waals surface area (Å²) in [6, 6.07) is 0.578. The third kappa shape index (κ3) is 5.16. The van der Waals surface area contributed by atoms with Crippen LogP contribution in [-0.4, -0.2) is 41.0 Å². The van der Waals surface area contributed by atoms with Gasteiger partial charge in [-0.05, 0) is 40.8 Å². The Morgan fingerprint density at radius 2 is 1.86 bits per heavy atom. The van der Waals surface area contributed by atoms with Gasteiger partial charge in [0.1, 0.15) is 17.5 Å². The van der Waals surface area contributed by atoms with Crippen LogP contribution >= 0.6 is 0 Å². The first kappa shape index (κ1) is 17.7. The van der Waals surface area contributed by atoms with E-state index in [9.17, 15) is 0 Å². The van der Waals surface area contributed by atoms with Gasteiger partial charge in [0.25, 0.3) is 0 Å². The number of aromatic nitrogens is 2. The molecule has 0 aromatic carbocycles. The Morgan fingerprint density at radius 1 is 1.24 bits per heavy atom. The molecule has 0 bridgehead atoms. The molecular weight excluding hydrogens is 262 g/mol. The molecule has 1 rings (SSSR count). The molecular formula is C16H31N5. The van der Waals surface area contributed by atoms with E-state index >= 15 is 0 Å². The van der Waals surface area contributed by atoms with E-state index in [-0.39, 0.29) is 5.41 Å². The quantitative estimate of drug-likeness (QED) is 0.789. The van der Waals surface area contributed by atoms with Crippen LogP contribution in [0.25, 0.3) is 0 Å². The molecule has 0 aliphatic rings. The second kappa shape index (κ2) is 7.07. The lowest BCUT2D eigenvalue weighted by atomic mass is 9.95. The number of hydrogen-bond donors (Lipinski definition) is 2. The predicted octanol–water partition coefficient (Wildman–Crippen LogP) is 2.81. The molecule has 5 heteroatoms. The van der Waals surface area contributed by atoms with Crippen LogP contribution < -0.4 is 11.1 Å². The molecule has 0 unspecified atom stereocenters. The molecule has 21 heavy (non-hydrogen) atoms. The summed E-state index contributed by atoms with van der Waals surface area (Å²) in [4.78, 5) is 11.4. The molecule has 0 aliphatic heterocycles. The fraction of sp³-hybridized carbons (Fsp3) is 0.750. The molecule has 3 N–H and O–H groups in total. The number of anilines is 2. The monoisotopic (exact) mass is 293 g/mol. The van der Waals surface area contributed by atoms with Gasteiger partial charge in [-0.2, -0.15) is 0 Å². The van der Waals surface area contributed by atoms with Gasteiger partial charge >= 0.3 is 0 Å². The summed E-state index contributed by atoms with van der Waals surface area (Å²) < 4.78 is 0. The maximum absolute atomic E-state index is 6.01. The van der Waals surface area contributed by atoms with E-state index in [1.807, 2.05) is 6.92 Å². The third-order valence-corrected chi connectivity index (χ3v) is 3.72. The first-order valence-corrected chi connectivity index (χ1v) is 7.71. The van der Waals surface area contributed by atoms with Crippen LogP contribution in [0.3, 0.4) is 0 Å². The van der Waals surface area contributed by atoms with E-state index in [1.165, 1.54) is 0 Å². The number of nitrogens with one attached hydrogen (secondary N) is 1. The lowest BCUT2D eigenvalue weighted by molar-refractivity contribution is 0.273. The van der Waals surface area contributed by atoms with Crippen LogP contribution in [0.5, 0.6) is 0 Å². The molecule has 0 radical (unpaired) electrons. The Hall–Kier alpha value is -1.36. The molecule has 0 amide bonds. The average molecular weight is 293 g/mol. The fourth-order valence-corrected chi connectivity index (χ4v) is 1.83. The molecule has 0 saturated heterocycles. The Morgan fingerprint density at radius 3 is 2.38 bits per heavy atom. The lowest BCUT2D eigenvalue weighted by Crippen LogP contribution is -2.28. The molecule has 1 aromatic rings. The van der Waals surface area contributed by atoms with Crippen LogP contribution in [0, 0.1) is 6.92 Å². The Balaban J connectivity index is 2.69. The van der Waals surface area contributed by atoms with Gasteiger partial charge in [0.15, 0.2) is 0 Å². The molecule has 0 atom stereocenters. The van der Waals surface area contributed by atoms with Gasteiger partial charge in [0.05, 0.1) is 0 Å². The van der Waals surface area contributed by atoms with E-state index in [4.69, 9.17) is 5.73 Å². The minimum Gasteiger partial charge on any atom is -0.383 e. The zero-order chi connectivity index (χ0) is 16.2. The van der Waals surface area contributed by atoms with Crippen LogP contribution in [0.1, 0.15) is 52.4 Å². The molecule has 0 saturated carbocycles. The third-order valence-electron chi connectivity index (χ3n) is 3.72. The summed E-state index contributed by atoms with van der Waals surface area (Å²) in [5, 5.41) is 3.40. The summed E-state index contributed by atoms with van der Waals surface area (Å²) in [6.45, 7) is 14.6. The predicted molar refractivity (Wildman–Crippen MR) is 90.8 cm³/mol. The average Bonchev–Trinajstić information content (AvgIpc) is 2.37. The second-order valence-electron chi connectivity index (χ2n) is 7.01. The van der Waals surface area contributed by atoms with E-state index in [1.54, 1.807) is 0 Å². The summed E-state index contributed by atoms with van der Waals surface area (Å²) in [5.41, 5.74) is 6.84. The fourth-order valence-electron chi connectivity index (χ4n) is 1.83. The highest BCUT2D eigenvalue weighted by Crippen LogP contribution is 2.24. The van der Waals surface area contributed by atoms with Crippen molar-refractivity contribution in [2.45, 2.75) is 59.4 Å². The Kier molecular flexibility index (Phi) is 5.96. The van der Waals surface area contributed by atoms with Crippen molar-refractivity contribution in [2.75, 3.05) is 31.2 Å². The van der Waals surface area contributed by atoms with Crippen molar-refractivity contribution in [1.82, 2.24) is 14.9 Å². The van der Waals surface area contributed by atoms with Crippen molar-refractivity contribution in [2.24, 2.45) is 0 Å². The molecule has 0 spiro atoms. The molecule has 5 nitrogen and oxygen atoms in total. The van der Waals surface area contributed by atoms with Crippen molar-refractivity contribution >= 4 is 11.6 Å². The first-order chi connectivity index (χ1) is 9.62. The number of rotatable bonds is 6. The zero-order valence-electron chi connectivity index (χ0n) is 14.6. The smallest absolute Gasteiger partial charge is 0.138 e. The van der Waals surface area contributed by atoms with E-state index in [0.29, 0.717) is 11.9 Å². The van der Waals surface area contributed by atoms with Crippen molar-refractivity contribution in [3.63, 3.8) is 0 Å². The van der Waals surface area contributed by atoms with Crippen LogP contribution in [0.2, 0.25) is 0 Å². The van der Waals surface area contributed by atoms with E-state index in [2.05, 4.69) is 61.9 Å². The number of nitrogen functional groups attached to an aromatic ring is 1. The van der Waals surface area contributed by atoms with Crippen molar-refractivity contribution < 1.29 is 0 Å². The van der Waals surface area contributed by atoms with Crippen LogP contribution in [0.4, 0.5) is 11.6 Å². The normalized spacial score (nSPS) is 12.2. The summed E-state index contributed by atoms with van der Waals surface area (Å²) in [7, 11) is 2.15. The van der Waals surface area contributed by atoms with Crippen LogP contribution in [-0.2, 0) is 5.41 Å². The maximum Gasteiger partial charge on any atom is 0.138 e. The SMILES string of the molecule is Cc1c(N)nc(C(C)(C)C)nc1NCCCN(C)C(C)C. The largest absolute Gasteiger partial charge is 0.383 e. The highest BCUT2D eigenvalue weighted by molar-refractivity contribution is 5.55. The minimum atomic E-state index is -0.101. The zero-order valence-corrected chi connectivity index (χ0v) is 14.6. The standard InChI is InChI=1S/C16H31N5/c1-11(2)21(7)10-8-9-18-14-12(3)13(17)19-15(20-14)16(4,5)6/h11H,8-10H2,1-7H3,(H3,17,18,19,20). The van der Waals surface area contributed by atoms with Crippen molar-refractivity contribution in [3.8, 4) is 0 Å². The van der Waals surface area contributed by atoms with Crippen LogP contribution in [0.15, 0.2) is 0 Å². The highest BCUT2D eigenvalue weighted by Gasteiger charge is 2.20. The van der Waals surface area contributed by atoms with Gasteiger partial charge in [0, 0.05) is 23.6 Å². The Bertz CT molecular complexity index is 462. The van der Waals surface area contributed by atoms with Gasteiger partial charge < -0.3 is 16.0 Å². The van der Waals surface area contributed by atoms with Gasteiger partial charge in [-0.25, -0.2) is 9.97 Å². The van der Waals surface area contributed by atoms with E-state index < -0.39 is 0 Å². The minimum absolute atomic E-state index is 0.101. The molecule has 120 valence electrons. The summed E-state index contributed by atoms with van der Waals surface area (Å²) >= 11 is 0. The highest BCUT2D eigenvalue weighted by atomic mass is 15.1.